The van der Waals surface area contributed by atoms with Gasteiger partial charge in [0.05, 0.1) is 24.0 Å². The van der Waals surface area contributed by atoms with Crippen molar-refractivity contribution in [1.82, 2.24) is 15.1 Å². The first-order valence-corrected chi connectivity index (χ1v) is 7.44. The molecule has 1 atom stereocenters. The van der Waals surface area contributed by atoms with Gasteiger partial charge in [-0.1, -0.05) is 0 Å². The van der Waals surface area contributed by atoms with Gasteiger partial charge in [-0.2, -0.15) is 5.10 Å². The first kappa shape index (κ1) is 13.5. The second-order valence-corrected chi connectivity index (χ2v) is 6.56. The van der Waals surface area contributed by atoms with Crippen LogP contribution in [0.5, 0.6) is 0 Å². The quantitative estimate of drug-likeness (QED) is 0.745. The Hall–Kier alpha value is -1.90. The Bertz CT molecular complexity index is 580. The highest BCUT2D eigenvalue weighted by Gasteiger charge is 2.36. The number of rotatable bonds is 3. The highest BCUT2D eigenvalue weighted by atomic mass is 32.2. The summed E-state index contributed by atoms with van der Waals surface area (Å²) in [4.78, 5) is 24.2. The topological polar surface area (TPSA) is 120 Å². The maximum atomic E-state index is 12.1. The summed E-state index contributed by atoms with van der Waals surface area (Å²) in [6.07, 6.45) is 1.01. The van der Waals surface area contributed by atoms with Crippen molar-refractivity contribution >= 4 is 21.7 Å². The molecule has 0 saturated carbocycles. The van der Waals surface area contributed by atoms with Crippen molar-refractivity contribution in [3.63, 3.8) is 0 Å². The third-order valence-corrected chi connectivity index (χ3v) is 4.63. The highest BCUT2D eigenvalue weighted by Crippen LogP contribution is 2.17. The number of hydrogen-bond donors (Lipinski definition) is 2. The maximum absolute atomic E-state index is 12.1. The lowest BCUT2D eigenvalue weighted by Gasteiger charge is -2.34. The Labute approximate surface area is 109 Å². The third kappa shape index (κ3) is 3.11. The molecule has 1 amide bonds. The van der Waals surface area contributed by atoms with Crippen LogP contribution in [-0.4, -0.2) is 64.6 Å². The molecule has 1 aliphatic heterocycles. The molecule has 8 nitrogen and oxygen atoms in total. The number of aromatic amines is 1. The predicted molar refractivity (Wildman–Crippen MR) is 64.3 cm³/mol. The Morgan fingerprint density at radius 2 is 2.26 bits per heavy atom. The molecule has 1 fully saturated rings. The van der Waals surface area contributed by atoms with E-state index in [-0.39, 0.29) is 30.2 Å². The summed E-state index contributed by atoms with van der Waals surface area (Å²) in [7, 11) is -3.30. The van der Waals surface area contributed by atoms with E-state index in [1.165, 1.54) is 17.2 Å². The highest BCUT2D eigenvalue weighted by molar-refractivity contribution is 7.91. The molecule has 1 aromatic heterocycles. The van der Waals surface area contributed by atoms with Gasteiger partial charge in [-0.15, -0.1) is 0 Å². The number of carbonyl (C=O) groups is 2. The number of H-pyrrole nitrogens is 1. The van der Waals surface area contributed by atoms with Crippen LogP contribution in [0.3, 0.4) is 0 Å². The number of sulfone groups is 1. The van der Waals surface area contributed by atoms with Crippen LogP contribution >= 0.6 is 0 Å². The molecule has 0 bridgehead atoms. The van der Waals surface area contributed by atoms with E-state index in [0.29, 0.717) is 0 Å². The zero-order valence-corrected chi connectivity index (χ0v) is 10.8. The molecule has 2 heterocycles. The average molecular weight is 287 g/mol. The summed E-state index contributed by atoms with van der Waals surface area (Å²) >= 11 is 0. The normalized spacial score (nSPS) is 22.1. The van der Waals surface area contributed by atoms with Gasteiger partial charge in [0.15, 0.2) is 9.84 Å². The standard InChI is InChI=1S/C10H13N3O5S/c14-9(15)5-7-6-19(17,18)4-3-13(7)10(16)8-1-2-11-12-8/h1-2,7H,3-6H2,(H,11,12)(H,14,15). The van der Waals surface area contributed by atoms with Crippen LogP contribution < -0.4 is 0 Å². The van der Waals surface area contributed by atoms with E-state index < -0.39 is 27.8 Å². The van der Waals surface area contributed by atoms with Crippen LogP contribution in [0.1, 0.15) is 16.9 Å². The molecule has 1 aliphatic rings. The average Bonchev–Trinajstić information content (AvgIpc) is 2.79. The molecule has 2 N–H and O–H groups in total. The molecule has 1 saturated heterocycles. The van der Waals surface area contributed by atoms with Gasteiger partial charge in [-0.25, -0.2) is 8.42 Å². The van der Waals surface area contributed by atoms with Gasteiger partial charge in [0, 0.05) is 12.7 Å². The van der Waals surface area contributed by atoms with Crippen molar-refractivity contribution in [3.05, 3.63) is 18.0 Å². The van der Waals surface area contributed by atoms with Crippen LogP contribution in [0.2, 0.25) is 0 Å². The number of amides is 1. The van der Waals surface area contributed by atoms with Crippen LogP contribution in [-0.2, 0) is 14.6 Å². The Balaban J connectivity index is 2.22. The lowest BCUT2D eigenvalue weighted by Crippen LogP contribution is -2.52. The van der Waals surface area contributed by atoms with E-state index in [0.717, 1.165) is 0 Å². The molecule has 0 radical (unpaired) electrons. The Morgan fingerprint density at radius 3 is 2.84 bits per heavy atom. The van der Waals surface area contributed by atoms with Gasteiger partial charge >= 0.3 is 5.97 Å². The number of aromatic nitrogens is 2. The van der Waals surface area contributed by atoms with Gasteiger partial charge in [0.2, 0.25) is 0 Å². The lowest BCUT2D eigenvalue weighted by atomic mass is 10.2. The second-order valence-electron chi connectivity index (χ2n) is 4.33. The molecule has 1 unspecified atom stereocenters. The van der Waals surface area contributed by atoms with Crippen LogP contribution in [0.15, 0.2) is 12.3 Å². The number of nitrogens with zero attached hydrogens (tertiary/aromatic N) is 2. The summed E-state index contributed by atoms with van der Waals surface area (Å²) in [6, 6.07) is 0.621. The molecule has 2 rings (SSSR count). The first-order valence-electron chi connectivity index (χ1n) is 5.61. The maximum Gasteiger partial charge on any atom is 0.305 e. The van der Waals surface area contributed by atoms with Gasteiger partial charge in [0.25, 0.3) is 5.91 Å². The summed E-state index contributed by atoms with van der Waals surface area (Å²) in [5, 5.41) is 14.9. The molecular weight excluding hydrogens is 274 g/mol. The Kier molecular flexibility index (Phi) is 3.56. The van der Waals surface area contributed by atoms with E-state index in [2.05, 4.69) is 10.2 Å². The number of carbonyl (C=O) groups excluding carboxylic acids is 1. The summed E-state index contributed by atoms with van der Waals surface area (Å²) < 4.78 is 23.1. The molecule has 0 aromatic carbocycles. The van der Waals surface area contributed by atoms with Crippen LogP contribution in [0, 0.1) is 0 Å². The summed E-state index contributed by atoms with van der Waals surface area (Å²) in [5.74, 6) is -2.04. The molecule has 0 aliphatic carbocycles. The van der Waals surface area contributed by atoms with E-state index in [1.807, 2.05) is 0 Å². The fraction of sp³-hybridized carbons (Fsp3) is 0.500. The SMILES string of the molecule is O=C(O)CC1CS(=O)(=O)CCN1C(=O)c1ccn[nH]1. The first-order chi connectivity index (χ1) is 8.89. The van der Waals surface area contributed by atoms with Crippen molar-refractivity contribution in [2.75, 3.05) is 18.1 Å². The van der Waals surface area contributed by atoms with Crippen molar-refractivity contribution in [2.24, 2.45) is 0 Å². The van der Waals surface area contributed by atoms with E-state index in [9.17, 15) is 18.0 Å². The summed E-state index contributed by atoms with van der Waals surface area (Å²) in [6.45, 7) is -0.00185. The lowest BCUT2D eigenvalue weighted by molar-refractivity contribution is -0.138. The molecule has 0 spiro atoms. The van der Waals surface area contributed by atoms with E-state index in [4.69, 9.17) is 5.11 Å². The number of nitrogens with one attached hydrogen (secondary N) is 1. The minimum absolute atomic E-state index is 0.00185. The van der Waals surface area contributed by atoms with Gasteiger partial charge in [-0.05, 0) is 6.07 Å². The summed E-state index contributed by atoms with van der Waals surface area (Å²) in [5.41, 5.74) is 0.217. The fourth-order valence-electron chi connectivity index (χ4n) is 2.05. The van der Waals surface area contributed by atoms with Crippen molar-refractivity contribution in [2.45, 2.75) is 12.5 Å². The van der Waals surface area contributed by atoms with Crippen molar-refractivity contribution in [3.8, 4) is 0 Å². The smallest absolute Gasteiger partial charge is 0.305 e. The minimum Gasteiger partial charge on any atom is -0.481 e. The van der Waals surface area contributed by atoms with E-state index in [1.54, 1.807) is 0 Å². The largest absolute Gasteiger partial charge is 0.481 e. The van der Waals surface area contributed by atoms with Crippen LogP contribution in [0.25, 0.3) is 0 Å². The number of carboxylic acids is 1. The molecule has 104 valence electrons. The molecule has 9 heteroatoms. The minimum atomic E-state index is -3.30. The zero-order chi connectivity index (χ0) is 14.0. The zero-order valence-electron chi connectivity index (χ0n) is 9.94. The molecule has 19 heavy (non-hydrogen) atoms. The molecular formula is C10H13N3O5S. The van der Waals surface area contributed by atoms with Crippen LogP contribution in [0.4, 0.5) is 0 Å². The second kappa shape index (κ2) is 5.00. The third-order valence-electron chi connectivity index (χ3n) is 2.93. The van der Waals surface area contributed by atoms with Crippen molar-refractivity contribution < 1.29 is 23.1 Å². The number of aliphatic carboxylic acids is 1. The fourth-order valence-corrected chi connectivity index (χ4v) is 3.58. The number of carboxylic acid groups (broad SMARTS) is 1. The monoisotopic (exact) mass is 287 g/mol. The Morgan fingerprint density at radius 1 is 1.53 bits per heavy atom. The van der Waals surface area contributed by atoms with E-state index >= 15 is 0 Å². The van der Waals surface area contributed by atoms with Gasteiger partial charge < -0.3 is 10.0 Å². The number of hydrogen-bond acceptors (Lipinski definition) is 5. The van der Waals surface area contributed by atoms with Crippen molar-refractivity contribution in [1.29, 1.82) is 0 Å². The van der Waals surface area contributed by atoms with Gasteiger partial charge in [-0.3, -0.25) is 14.7 Å². The van der Waals surface area contributed by atoms with Gasteiger partial charge in [0.1, 0.15) is 5.69 Å². The predicted octanol–water partition coefficient (Wildman–Crippen LogP) is -0.876. The molecule has 1 aromatic rings.